The van der Waals surface area contributed by atoms with E-state index >= 15 is 0 Å². The van der Waals surface area contributed by atoms with Crippen LogP contribution in [0.1, 0.15) is 34.1 Å². The van der Waals surface area contributed by atoms with E-state index in [0.29, 0.717) is 39.7 Å². The Morgan fingerprint density at radius 3 is 2.36 bits per heavy atom. The van der Waals surface area contributed by atoms with E-state index in [4.69, 9.17) is 4.52 Å². The van der Waals surface area contributed by atoms with Crippen LogP contribution in [0.15, 0.2) is 64.5 Å². The number of pyridine rings is 1. The van der Waals surface area contributed by atoms with Crippen LogP contribution in [0.4, 0.5) is 5.13 Å². The second-order valence-electron chi connectivity index (χ2n) is 8.47. The van der Waals surface area contributed by atoms with E-state index in [2.05, 4.69) is 25.8 Å². The van der Waals surface area contributed by atoms with Crippen molar-refractivity contribution in [2.75, 3.05) is 5.32 Å². The van der Waals surface area contributed by atoms with E-state index in [0.717, 1.165) is 27.9 Å². The lowest BCUT2D eigenvalue weighted by molar-refractivity contribution is -0.119. The summed E-state index contributed by atoms with van der Waals surface area (Å²) in [5.41, 5.74) is 6.64. The van der Waals surface area contributed by atoms with Crippen LogP contribution in [0.25, 0.3) is 33.6 Å². The van der Waals surface area contributed by atoms with Crippen molar-refractivity contribution in [2.24, 2.45) is 0 Å². The number of thiazole rings is 1. The normalized spacial score (nSPS) is 11.0. The van der Waals surface area contributed by atoms with Gasteiger partial charge in [-0.2, -0.15) is 0 Å². The van der Waals surface area contributed by atoms with Gasteiger partial charge in [0.1, 0.15) is 0 Å². The van der Waals surface area contributed by atoms with Crippen molar-refractivity contribution >= 4 is 39.4 Å². The van der Waals surface area contributed by atoms with Crippen molar-refractivity contribution < 1.29 is 14.1 Å². The lowest BCUT2D eigenvalue weighted by Crippen LogP contribution is -2.18. The quantitative estimate of drug-likeness (QED) is 0.320. The van der Waals surface area contributed by atoms with E-state index in [9.17, 15) is 9.59 Å². The number of amides is 2. The number of rotatable bonds is 6. The fraction of sp³-hybridized carbons (Fsp3) is 0.148. The van der Waals surface area contributed by atoms with Crippen LogP contribution in [0.5, 0.6) is 0 Å². The summed E-state index contributed by atoms with van der Waals surface area (Å²) < 4.78 is 5.40. The van der Waals surface area contributed by atoms with Gasteiger partial charge in [0.2, 0.25) is 5.91 Å². The maximum absolute atomic E-state index is 13.4. The van der Waals surface area contributed by atoms with Crippen molar-refractivity contribution in [1.82, 2.24) is 20.4 Å². The van der Waals surface area contributed by atoms with Crippen LogP contribution in [-0.2, 0) is 11.3 Å². The molecule has 9 heteroatoms. The van der Waals surface area contributed by atoms with Gasteiger partial charge in [0.25, 0.3) is 11.6 Å². The van der Waals surface area contributed by atoms with E-state index in [-0.39, 0.29) is 11.8 Å². The van der Waals surface area contributed by atoms with E-state index in [1.54, 1.807) is 13.0 Å². The van der Waals surface area contributed by atoms with Gasteiger partial charge in [-0.15, -0.1) is 11.3 Å². The minimum absolute atomic E-state index is 0.0715. The van der Waals surface area contributed by atoms with Crippen LogP contribution in [0, 0.1) is 13.8 Å². The predicted molar refractivity (Wildman–Crippen MR) is 140 cm³/mol. The molecule has 36 heavy (non-hydrogen) atoms. The van der Waals surface area contributed by atoms with Gasteiger partial charge in [-0.1, -0.05) is 59.3 Å². The summed E-state index contributed by atoms with van der Waals surface area (Å²) in [7, 11) is 0. The Bertz CT molecular complexity index is 1570. The van der Waals surface area contributed by atoms with E-state index < -0.39 is 0 Å². The zero-order valence-electron chi connectivity index (χ0n) is 20.0. The Morgan fingerprint density at radius 1 is 0.944 bits per heavy atom. The molecule has 2 amide bonds. The zero-order valence-corrected chi connectivity index (χ0v) is 20.8. The summed E-state index contributed by atoms with van der Waals surface area (Å²) in [6.45, 7) is 5.76. The highest BCUT2D eigenvalue weighted by atomic mass is 32.1. The number of carbonyl (C=O) groups is 2. The molecule has 8 nitrogen and oxygen atoms in total. The average molecular weight is 498 g/mol. The van der Waals surface area contributed by atoms with Gasteiger partial charge >= 0.3 is 0 Å². The fourth-order valence-electron chi connectivity index (χ4n) is 3.79. The molecule has 180 valence electrons. The molecular weight excluding hydrogens is 474 g/mol. The SMILES string of the molecule is CC(=O)NCc1ccc(-c2csc(NC(=O)c3cc(-c4ccc(C)cc4)nc4onc(C)c34)n2)cc1. The summed E-state index contributed by atoms with van der Waals surface area (Å²) in [6.07, 6.45) is 0. The van der Waals surface area contributed by atoms with Crippen LogP contribution in [-0.4, -0.2) is 26.9 Å². The number of aryl methyl sites for hydroxylation is 2. The molecule has 0 bridgehead atoms. The summed E-state index contributed by atoms with van der Waals surface area (Å²) in [6, 6.07) is 17.4. The molecule has 0 saturated heterocycles. The molecule has 0 atom stereocenters. The minimum atomic E-state index is -0.311. The van der Waals surface area contributed by atoms with Crippen LogP contribution in [0.2, 0.25) is 0 Å². The van der Waals surface area contributed by atoms with Gasteiger partial charge in [0, 0.05) is 30.0 Å². The zero-order chi connectivity index (χ0) is 25.2. The van der Waals surface area contributed by atoms with Gasteiger partial charge in [-0.05, 0) is 25.5 Å². The molecule has 2 aromatic carbocycles. The van der Waals surface area contributed by atoms with Crippen molar-refractivity contribution in [3.8, 4) is 22.5 Å². The van der Waals surface area contributed by atoms with E-state index in [1.807, 2.05) is 60.8 Å². The standard InChI is InChI=1S/C27H23N5O3S/c1-15-4-8-19(9-5-15)22-12-21(24-16(2)32-35-26(24)29-22)25(34)31-27-30-23(14-36-27)20-10-6-18(7-11-20)13-28-17(3)33/h4-12,14H,13H2,1-3H3,(H,28,33)(H,30,31,34). The Hall–Kier alpha value is -4.37. The number of carbonyl (C=O) groups excluding carboxylic acids is 2. The number of hydrogen-bond acceptors (Lipinski definition) is 7. The lowest BCUT2D eigenvalue weighted by Gasteiger charge is -2.07. The van der Waals surface area contributed by atoms with Gasteiger partial charge in [-0.3, -0.25) is 14.9 Å². The number of anilines is 1. The molecule has 5 aromatic rings. The van der Waals surface area contributed by atoms with Crippen molar-refractivity contribution in [1.29, 1.82) is 0 Å². The molecule has 0 aliphatic carbocycles. The third-order valence-corrected chi connectivity index (χ3v) is 6.48. The topological polar surface area (TPSA) is 110 Å². The number of nitrogens with one attached hydrogen (secondary N) is 2. The van der Waals surface area contributed by atoms with Crippen molar-refractivity contribution in [3.63, 3.8) is 0 Å². The maximum atomic E-state index is 13.4. The predicted octanol–water partition coefficient (Wildman–Crippen LogP) is 5.52. The third kappa shape index (κ3) is 4.87. The highest BCUT2D eigenvalue weighted by Crippen LogP contribution is 2.29. The first kappa shape index (κ1) is 23.4. The first-order valence-corrected chi connectivity index (χ1v) is 12.2. The average Bonchev–Trinajstić information content (AvgIpc) is 3.49. The minimum Gasteiger partial charge on any atom is -0.352 e. The molecule has 2 N–H and O–H groups in total. The van der Waals surface area contributed by atoms with Crippen LogP contribution >= 0.6 is 11.3 Å². The Kier molecular flexibility index (Phi) is 6.30. The molecule has 0 unspecified atom stereocenters. The first-order chi connectivity index (χ1) is 17.4. The summed E-state index contributed by atoms with van der Waals surface area (Å²) >= 11 is 1.34. The monoisotopic (exact) mass is 497 g/mol. The lowest BCUT2D eigenvalue weighted by atomic mass is 10.0. The van der Waals surface area contributed by atoms with E-state index in [1.165, 1.54) is 18.3 Å². The number of aromatic nitrogens is 3. The van der Waals surface area contributed by atoms with Gasteiger partial charge < -0.3 is 9.84 Å². The van der Waals surface area contributed by atoms with Gasteiger partial charge in [-0.25, -0.2) is 9.97 Å². The molecule has 0 spiro atoms. The first-order valence-electron chi connectivity index (χ1n) is 11.3. The molecule has 0 radical (unpaired) electrons. The van der Waals surface area contributed by atoms with Crippen molar-refractivity contribution in [2.45, 2.75) is 27.3 Å². The smallest absolute Gasteiger partial charge is 0.259 e. The van der Waals surface area contributed by atoms with Crippen LogP contribution in [0.3, 0.4) is 0 Å². The largest absolute Gasteiger partial charge is 0.352 e. The summed E-state index contributed by atoms with van der Waals surface area (Å²) in [5, 5.41) is 12.7. The Balaban J connectivity index is 1.40. The number of hydrogen-bond donors (Lipinski definition) is 2. The summed E-state index contributed by atoms with van der Waals surface area (Å²) in [4.78, 5) is 33.6. The molecular formula is C27H23N5O3S. The van der Waals surface area contributed by atoms with Gasteiger partial charge in [0.15, 0.2) is 5.13 Å². The number of nitrogens with zero attached hydrogens (tertiary/aromatic N) is 3. The summed E-state index contributed by atoms with van der Waals surface area (Å²) in [5.74, 6) is -0.383. The molecule has 0 aliphatic heterocycles. The Labute approximate surface area is 211 Å². The highest BCUT2D eigenvalue weighted by molar-refractivity contribution is 7.14. The third-order valence-electron chi connectivity index (χ3n) is 5.72. The second-order valence-corrected chi connectivity index (χ2v) is 9.33. The number of benzene rings is 2. The molecule has 0 aliphatic rings. The van der Waals surface area contributed by atoms with Gasteiger partial charge in [0.05, 0.1) is 28.0 Å². The molecule has 5 rings (SSSR count). The molecule has 3 aromatic heterocycles. The van der Waals surface area contributed by atoms with Crippen LogP contribution < -0.4 is 10.6 Å². The maximum Gasteiger partial charge on any atom is 0.259 e. The molecule has 3 heterocycles. The number of fused-ring (bicyclic) bond motifs is 1. The Morgan fingerprint density at radius 2 is 1.64 bits per heavy atom. The molecule has 0 saturated carbocycles. The highest BCUT2D eigenvalue weighted by Gasteiger charge is 2.20. The second kappa shape index (κ2) is 9.71. The molecule has 0 fully saturated rings. The fourth-order valence-corrected chi connectivity index (χ4v) is 4.51. The van der Waals surface area contributed by atoms with Crippen molar-refractivity contribution in [3.05, 3.63) is 82.4 Å².